The summed E-state index contributed by atoms with van der Waals surface area (Å²) in [5, 5.41) is 0. The molecule has 1 aromatic carbocycles. The van der Waals surface area contributed by atoms with Gasteiger partial charge in [-0.25, -0.2) is 0 Å². The van der Waals surface area contributed by atoms with Crippen LogP contribution in [0.2, 0.25) is 0 Å². The minimum atomic E-state index is 0.539. The first-order chi connectivity index (χ1) is 7.08. The zero-order valence-corrected chi connectivity index (χ0v) is 10.1. The molecule has 0 aliphatic carbocycles. The molecule has 1 unspecified atom stereocenters. The van der Waals surface area contributed by atoms with Gasteiger partial charge in [0.1, 0.15) is 5.75 Å². The van der Waals surface area contributed by atoms with Crippen molar-refractivity contribution in [2.75, 3.05) is 13.7 Å². The molecule has 1 rings (SSSR count). The van der Waals surface area contributed by atoms with Gasteiger partial charge in [-0.1, -0.05) is 19.1 Å². The van der Waals surface area contributed by atoms with E-state index in [9.17, 15) is 0 Å². The molecule has 0 aliphatic heterocycles. The molecule has 2 nitrogen and oxygen atoms in total. The molecule has 0 radical (unpaired) electrons. The first-order valence-electron chi connectivity index (χ1n) is 5.42. The van der Waals surface area contributed by atoms with Crippen LogP contribution in [-0.2, 0) is 6.42 Å². The molecule has 0 amide bonds. The Hall–Kier alpha value is -1.02. The van der Waals surface area contributed by atoms with E-state index in [-0.39, 0.29) is 0 Å². The number of ether oxygens (including phenoxy) is 1. The fourth-order valence-corrected chi connectivity index (χ4v) is 1.97. The molecule has 1 atom stereocenters. The SMILES string of the molecule is COc1c(C)cc(CC(C)CN)cc1C. The third kappa shape index (κ3) is 2.96. The summed E-state index contributed by atoms with van der Waals surface area (Å²) in [5.74, 6) is 1.54. The summed E-state index contributed by atoms with van der Waals surface area (Å²) in [6.45, 7) is 7.09. The van der Waals surface area contributed by atoms with Gasteiger partial charge in [0.05, 0.1) is 7.11 Å². The normalized spacial score (nSPS) is 12.6. The van der Waals surface area contributed by atoms with Crippen LogP contribution in [0.4, 0.5) is 0 Å². The molecule has 0 spiro atoms. The maximum Gasteiger partial charge on any atom is 0.124 e. The van der Waals surface area contributed by atoms with Gasteiger partial charge in [-0.2, -0.15) is 0 Å². The van der Waals surface area contributed by atoms with Crippen LogP contribution in [0.15, 0.2) is 12.1 Å². The molecule has 2 N–H and O–H groups in total. The van der Waals surface area contributed by atoms with Crippen molar-refractivity contribution in [1.29, 1.82) is 0 Å². The average molecular weight is 207 g/mol. The number of hydrogen-bond donors (Lipinski definition) is 1. The number of nitrogens with two attached hydrogens (primary N) is 1. The Morgan fingerprint density at radius 2 is 1.80 bits per heavy atom. The van der Waals surface area contributed by atoms with E-state index in [1.807, 2.05) is 0 Å². The van der Waals surface area contributed by atoms with Gasteiger partial charge in [0, 0.05) is 0 Å². The van der Waals surface area contributed by atoms with Crippen LogP contribution in [0, 0.1) is 19.8 Å². The second-order valence-electron chi connectivity index (χ2n) is 4.31. The van der Waals surface area contributed by atoms with Crippen LogP contribution < -0.4 is 10.5 Å². The number of methoxy groups -OCH3 is 1. The quantitative estimate of drug-likeness (QED) is 0.823. The van der Waals surface area contributed by atoms with E-state index < -0.39 is 0 Å². The lowest BCUT2D eigenvalue weighted by atomic mass is 9.97. The van der Waals surface area contributed by atoms with E-state index in [2.05, 4.69) is 32.9 Å². The Kier molecular flexibility index (Phi) is 4.15. The zero-order chi connectivity index (χ0) is 11.4. The van der Waals surface area contributed by atoms with Crippen molar-refractivity contribution in [2.45, 2.75) is 27.2 Å². The summed E-state index contributed by atoms with van der Waals surface area (Å²) in [6.07, 6.45) is 1.04. The molecule has 0 saturated carbocycles. The van der Waals surface area contributed by atoms with Gasteiger partial charge in [-0.15, -0.1) is 0 Å². The summed E-state index contributed by atoms with van der Waals surface area (Å²) >= 11 is 0. The summed E-state index contributed by atoms with van der Waals surface area (Å²) in [4.78, 5) is 0. The van der Waals surface area contributed by atoms with Gasteiger partial charge >= 0.3 is 0 Å². The fraction of sp³-hybridized carbons (Fsp3) is 0.538. The lowest BCUT2D eigenvalue weighted by molar-refractivity contribution is 0.408. The lowest BCUT2D eigenvalue weighted by Gasteiger charge is -2.13. The number of hydrogen-bond acceptors (Lipinski definition) is 2. The molecular weight excluding hydrogens is 186 g/mol. The summed E-state index contributed by atoms with van der Waals surface area (Å²) in [6, 6.07) is 4.38. The summed E-state index contributed by atoms with van der Waals surface area (Å²) in [5.41, 5.74) is 9.39. The number of benzene rings is 1. The Morgan fingerprint density at radius 3 is 2.20 bits per heavy atom. The van der Waals surface area contributed by atoms with Gasteiger partial charge < -0.3 is 10.5 Å². The molecule has 1 aromatic rings. The highest BCUT2D eigenvalue weighted by molar-refractivity contribution is 5.43. The molecule has 0 heterocycles. The Labute approximate surface area is 92.4 Å². The smallest absolute Gasteiger partial charge is 0.124 e. The van der Waals surface area contributed by atoms with E-state index in [0.717, 1.165) is 18.7 Å². The van der Waals surface area contributed by atoms with Crippen LogP contribution in [0.25, 0.3) is 0 Å². The minimum absolute atomic E-state index is 0.539. The predicted octanol–water partition coefficient (Wildman–Crippen LogP) is 2.45. The van der Waals surface area contributed by atoms with Crippen molar-refractivity contribution in [3.8, 4) is 5.75 Å². The van der Waals surface area contributed by atoms with E-state index >= 15 is 0 Å². The monoisotopic (exact) mass is 207 g/mol. The molecule has 0 bridgehead atoms. The average Bonchev–Trinajstić information content (AvgIpc) is 2.17. The highest BCUT2D eigenvalue weighted by Crippen LogP contribution is 2.25. The maximum absolute atomic E-state index is 5.63. The predicted molar refractivity (Wildman–Crippen MR) is 64.4 cm³/mol. The highest BCUT2D eigenvalue weighted by Gasteiger charge is 2.07. The number of aryl methyl sites for hydroxylation is 2. The second kappa shape index (κ2) is 5.17. The minimum Gasteiger partial charge on any atom is -0.496 e. The van der Waals surface area contributed by atoms with Crippen molar-refractivity contribution in [1.82, 2.24) is 0 Å². The topological polar surface area (TPSA) is 35.2 Å². The highest BCUT2D eigenvalue weighted by atomic mass is 16.5. The summed E-state index contributed by atoms with van der Waals surface area (Å²) in [7, 11) is 1.72. The maximum atomic E-state index is 5.63. The first-order valence-corrected chi connectivity index (χ1v) is 5.42. The Balaban J connectivity index is 2.93. The van der Waals surface area contributed by atoms with E-state index in [4.69, 9.17) is 10.5 Å². The van der Waals surface area contributed by atoms with Crippen molar-refractivity contribution >= 4 is 0 Å². The third-order valence-electron chi connectivity index (χ3n) is 2.71. The van der Waals surface area contributed by atoms with Gasteiger partial charge in [0.15, 0.2) is 0 Å². The molecule has 0 aliphatic rings. The van der Waals surface area contributed by atoms with Crippen molar-refractivity contribution in [2.24, 2.45) is 11.7 Å². The van der Waals surface area contributed by atoms with Gasteiger partial charge in [-0.3, -0.25) is 0 Å². The molecule has 0 fully saturated rings. The molecule has 2 heteroatoms. The molecule has 0 saturated heterocycles. The molecular formula is C13H21NO. The molecule has 0 aromatic heterocycles. The van der Waals surface area contributed by atoms with Crippen LogP contribution in [-0.4, -0.2) is 13.7 Å². The Bertz CT molecular complexity index is 310. The van der Waals surface area contributed by atoms with Crippen molar-refractivity contribution in [3.63, 3.8) is 0 Å². The van der Waals surface area contributed by atoms with Crippen LogP contribution >= 0.6 is 0 Å². The Morgan fingerprint density at radius 1 is 1.27 bits per heavy atom. The third-order valence-corrected chi connectivity index (χ3v) is 2.71. The zero-order valence-electron chi connectivity index (χ0n) is 10.1. The van der Waals surface area contributed by atoms with Crippen molar-refractivity contribution < 1.29 is 4.74 Å². The van der Waals surface area contributed by atoms with Gasteiger partial charge in [0.25, 0.3) is 0 Å². The largest absolute Gasteiger partial charge is 0.496 e. The van der Waals surface area contributed by atoms with Crippen LogP contribution in [0.3, 0.4) is 0 Å². The van der Waals surface area contributed by atoms with E-state index in [1.54, 1.807) is 7.11 Å². The standard InChI is InChI=1S/C13H21NO/c1-9(8-14)5-12-6-10(2)13(15-4)11(3)7-12/h6-7,9H,5,8,14H2,1-4H3. The number of rotatable bonds is 4. The fourth-order valence-electron chi connectivity index (χ4n) is 1.97. The molecule has 84 valence electrons. The van der Waals surface area contributed by atoms with E-state index in [1.165, 1.54) is 16.7 Å². The van der Waals surface area contributed by atoms with Crippen molar-refractivity contribution in [3.05, 3.63) is 28.8 Å². The van der Waals surface area contributed by atoms with Gasteiger partial charge in [-0.05, 0) is 49.4 Å². The van der Waals surface area contributed by atoms with Gasteiger partial charge in [0.2, 0.25) is 0 Å². The van der Waals surface area contributed by atoms with E-state index in [0.29, 0.717) is 5.92 Å². The summed E-state index contributed by atoms with van der Waals surface area (Å²) < 4.78 is 5.34. The molecule has 15 heavy (non-hydrogen) atoms. The first kappa shape index (κ1) is 12.1. The van der Waals surface area contributed by atoms with Crippen LogP contribution in [0.1, 0.15) is 23.6 Å². The van der Waals surface area contributed by atoms with Crippen LogP contribution in [0.5, 0.6) is 5.75 Å². The lowest BCUT2D eigenvalue weighted by Crippen LogP contribution is -2.13. The second-order valence-corrected chi connectivity index (χ2v) is 4.31.